The number of hydrogen-bond acceptors (Lipinski definition) is 2. The summed E-state index contributed by atoms with van der Waals surface area (Å²) in [5.41, 5.74) is 0.360. The smallest absolute Gasteiger partial charge is 0.126 e. The zero-order valence-corrected chi connectivity index (χ0v) is 11.0. The fourth-order valence-corrected chi connectivity index (χ4v) is 1.93. The molecule has 0 aliphatic heterocycles. The van der Waals surface area contributed by atoms with E-state index in [4.69, 9.17) is 0 Å². The molecule has 0 radical (unpaired) electrons. The molecule has 1 N–H and O–H groups in total. The monoisotopic (exact) mass is 242 g/mol. The van der Waals surface area contributed by atoms with Crippen LogP contribution < -0.4 is 5.32 Å². The first-order valence-electron chi connectivity index (χ1n) is 5.59. The molecule has 2 nitrogen and oxygen atoms in total. The zero-order chi connectivity index (χ0) is 13.2. The van der Waals surface area contributed by atoms with Gasteiger partial charge in [-0.2, -0.15) is 0 Å². The van der Waals surface area contributed by atoms with Gasteiger partial charge in [-0.1, -0.05) is 0 Å². The van der Waals surface area contributed by atoms with Gasteiger partial charge in [-0.3, -0.25) is 0 Å². The Morgan fingerprint density at radius 2 is 1.59 bits per heavy atom. The van der Waals surface area contributed by atoms with Gasteiger partial charge in [-0.25, -0.2) is 8.78 Å². The Balaban J connectivity index is 3.18. The van der Waals surface area contributed by atoms with E-state index in [1.165, 1.54) is 12.1 Å². The van der Waals surface area contributed by atoms with Crippen molar-refractivity contribution < 1.29 is 8.78 Å². The van der Waals surface area contributed by atoms with Crippen LogP contribution in [-0.4, -0.2) is 31.6 Å². The molecule has 0 bridgehead atoms. The van der Waals surface area contributed by atoms with Gasteiger partial charge < -0.3 is 10.2 Å². The van der Waals surface area contributed by atoms with Crippen LogP contribution in [0.25, 0.3) is 0 Å². The largest absolute Gasteiger partial charge is 0.311 e. The van der Waals surface area contributed by atoms with Gasteiger partial charge in [0.1, 0.15) is 11.6 Å². The van der Waals surface area contributed by atoms with Crippen molar-refractivity contribution in [1.82, 2.24) is 10.2 Å². The fraction of sp³-hybridized carbons (Fsp3) is 0.538. The highest BCUT2D eigenvalue weighted by Gasteiger charge is 2.32. The molecule has 0 heterocycles. The fourth-order valence-electron chi connectivity index (χ4n) is 1.93. The van der Waals surface area contributed by atoms with Crippen LogP contribution in [0.5, 0.6) is 0 Å². The molecule has 1 aromatic rings. The minimum Gasteiger partial charge on any atom is -0.311 e. The van der Waals surface area contributed by atoms with Crippen LogP contribution in [0.4, 0.5) is 8.78 Å². The average molecular weight is 242 g/mol. The molecule has 1 unspecified atom stereocenters. The van der Waals surface area contributed by atoms with Gasteiger partial charge in [0, 0.05) is 11.6 Å². The van der Waals surface area contributed by atoms with E-state index in [0.29, 0.717) is 5.56 Å². The standard InChI is InChI=1S/C13H20F2N2/c1-13(2,17(4)5)12(16-3)9-6-10(14)8-11(15)7-9/h6-8,12,16H,1-5H3. The first-order valence-corrected chi connectivity index (χ1v) is 5.59. The average Bonchev–Trinajstić information content (AvgIpc) is 2.16. The maximum Gasteiger partial charge on any atom is 0.126 e. The maximum atomic E-state index is 13.2. The number of likely N-dealkylation sites (N-methyl/N-ethyl adjacent to an activating group) is 2. The molecule has 0 amide bonds. The summed E-state index contributed by atoms with van der Waals surface area (Å²) in [5.74, 6) is -1.09. The highest BCUT2D eigenvalue weighted by molar-refractivity contribution is 5.24. The Bertz CT molecular complexity index is 369. The molecule has 1 aromatic carbocycles. The van der Waals surface area contributed by atoms with E-state index in [9.17, 15) is 8.78 Å². The van der Waals surface area contributed by atoms with Crippen molar-refractivity contribution in [2.75, 3.05) is 21.1 Å². The number of rotatable bonds is 4. The van der Waals surface area contributed by atoms with E-state index < -0.39 is 11.6 Å². The number of hydrogen-bond donors (Lipinski definition) is 1. The van der Waals surface area contributed by atoms with Gasteiger partial charge in [-0.15, -0.1) is 0 Å². The van der Waals surface area contributed by atoms with Crippen molar-refractivity contribution >= 4 is 0 Å². The third-order valence-corrected chi connectivity index (χ3v) is 3.37. The first kappa shape index (κ1) is 14.1. The second kappa shape index (κ2) is 5.10. The predicted molar refractivity (Wildman–Crippen MR) is 65.9 cm³/mol. The summed E-state index contributed by atoms with van der Waals surface area (Å²) in [6.07, 6.45) is 0. The molecule has 0 fully saturated rings. The number of nitrogens with one attached hydrogen (secondary N) is 1. The van der Waals surface area contributed by atoms with Crippen LogP contribution in [0.1, 0.15) is 25.5 Å². The van der Waals surface area contributed by atoms with E-state index in [2.05, 4.69) is 5.32 Å². The Labute approximate surface area is 102 Å². The highest BCUT2D eigenvalue weighted by atomic mass is 19.1. The van der Waals surface area contributed by atoms with Gasteiger partial charge in [0.2, 0.25) is 0 Å². The summed E-state index contributed by atoms with van der Waals surface area (Å²) >= 11 is 0. The van der Waals surface area contributed by atoms with Crippen molar-refractivity contribution in [1.29, 1.82) is 0 Å². The van der Waals surface area contributed by atoms with Crippen molar-refractivity contribution in [2.24, 2.45) is 0 Å². The van der Waals surface area contributed by atoms with Gasteiger partial charge in [-0.05, 0) is 52.7 Å². The third-order valence-electron chi connectivity index (χ3n) is 3.37. The minimum absolute atomic E-state index is 0.150. The lowest BCUT2D eigenvalue weighted by molar-refractivity contribution is 0.142. The number of benzene rings is 1. The summed E-state index contributed by atoms with van der Waals surface area (Å²) in [6, 6.07) is 3.48. The van der Waals surface area contributed by atoms with E-state index in [1.807, 2.05) is 32.8 Å². The quantitative estimate of drug-likeness (QED) is 0.873. The molecule has 0 spiro atoms. The molecular weight excluding hydrogens is 222 g/mol. The summed E-state index contributed by atoms with van der Waals surface area (Å²) in [5, 5.41) is 3.12. The second-order valence-corrected chi connectivity index (χ2v) is 4.97. The molecule has 1 rings (SSSR count). The van der Waals surface area contributed by atoms with Crippen molar-refractivity contribution in [3.8, 4) is 0 Å². The number of nitrogens with zero attached hydrogens (tertiary/aromatic N) is 1. The van der Waals surface area contributed by atoms with Gasteiger partial charge >= 0.3 is 0 Å². The minimum atomic E-state index is -0.546. The molecule has 1 atom stereocenters. The molecular formula is C13H20F2N2. The van der Waals surface area contributed by atoms with Crippen LogP contribution in [0.3, 0.4) is 0 Å². The number of halogens is 2. The maximum absolute atomic E-state index is 13.2. The van der Waals surface area contributed by atoms with Gasteiger partial charge in [0.05, 0.1) is 6.04 Å². The van der Waals surface area contributed by atoms with E-state index in [0.717, 1.165) is 6.07 Å². The highest BCUT2D eigenvalue weighted by Crippen LogP contribution is 2.29. The van der Waals surface area contributed by atoms with Gasteiger partial charge in [0.25, 0.3) is 0 Å². The Hall–Kier alpha value is -1.00. The van der Waals surface area contributed by atoms with Gasteiger partial charge in [0.15, 0.2) is 0 Å². The lowest BCUT2D eigenvalue weighted by atomic mass is 9.87. The van der Waals surface area contributed by atoms with Crippen molar-refractivity contribution in [2.45, 2.75) is 25.4 Å². The third kappa shape index (κ3) is 3.01. The van der Waals surface area contributed by atoms with Crippen LogP contribution in [0.2, 0.25) is 0 Å². The van der Waals surface area contributed by atoms with Crippen molar-refractivity contribution in [3.63, 3.8) is 0 Å². The molecule has 0 saturated heterocycles. The Kier molecular flexibility index (Phi) is 4.22. The summed E-state index contributed by atoms with van der Waals surface area (Å²) < 4.78 is 26.5. The predicted octanol–water partition coefficient (Wildman–Crippen LogP) is 2.57. The molecule has 0 aliphatic rings. The normalized spacial score (nSPS) is 14.1. The summed E-state index contributed by atoms with van der Waals surface area (Å²) in [6.45, 7) is 4.05. The molecule has 0 saturated carbocycles. The summed E-state index contributed by atoms with van der Waals surface area (Å²) in [4.78, 5) is 2.02. The molecule has 0 aliphatic carbocycles. The lowest BCUT2D eigenvalue weighted by Crippen LogP contribution is -2.48. The summed E-state index contributed by atoms with van der Waals surface area (Å²) in [7, 11) is 5.68. The molecule has 0 aromatic heterocycles. The van der Waals surface area contributed by atoms with Crippen LogP contribution in [0.15, 0.2) is 18.2 Å². The van der Waals surface area contributed by atoms with Crippen LogP contribution >= 0.6 is 0 Å². The first-order chi connectivity index (χ1) is 7.78. The molecule has 17 heavy (non-hydrogen) atoms. The van der Waals surface area contributed by atoms with E-state index in [-0.39, 0.29) is 11.6 Å². The topological polar surface area (TPSA) is 15.3 Å². The lowest BCUT2D eigenvalue weighted by Gasteiger charge is -2.40. The molecule has 4 heteroatoms. The van der Waals surface area contributed by atoms with Crippen molar-refractivity contribution in [3.05, 3.63) is 35.4 Å². The Morgan fingerprint density at radius 1 is 1.12 bits per heavy atom. The zero-order valence-electron chi connectivity index (χ0n) is 11.0. The second-order valence-electron chi connectivity index (χ2n) is 4.97. The Morgan fingerprint density at radius 3 is 1.94 bits per heavy atom. The van der Waals surface area contributed by atoms with E-state index >= 15 is 0 Å². The van der Waals surface area contributed by atoms with E-state index in [1.54, 1.807) is 7.05 Å². The van der Waals surface area contributed by atoms with Crippen LogP contribution in [-0.2, 0) is 0 Å². The SMILES string of the molecule is CNC(c1cc(F)cc(F)c1)C(C)(C)N(C)C. The van der Waals surface area contributed by atoms with Crippen LogP contribution in [0, 0.1) is 11.6 Å². The molecule has 96 valence electrons.